The molecule has 25 heavy (non-hydrogen) atoms. The first-order valence-electron chi connectivity index (χ1n) is 9.41. The molecule has 0 aliphatic heterocycles. The zero-order chi connectivity index (χ0) is 17.6. The highest BCUT2D eigenvalue weighted by Crippen LogP contribution is 2.33. The monoisotopic (exact) mass is 372 g/mol. The Labute approximate surface area is 161 Å². The Bertz CT molecular complexity index is 675. The molecule has 1 aliphatic carbocycles. The summed E-state index contributed by atoms with van der Waals surface area (Å²) in [5.74, 6) is 0. The van der Waals surface area contributed by atoms with Gasteiger partial charge < -0.3 is 10.2 Å². The molecule has 0 radical (unpaired) electrons. The maximum atomic E-state index is 5.92. The molecule has 1 N–H and O–H groups in total. The Morgan fingerprint density at radius 1 is 1.20 bits per heavy atom. The van der Waals surface area contributed by atoms with Crippen LogP contribution >= 0.6 is 23.6 Å². The molecular weight excluding hydrogens is 344 g/mol. The van der Waals surface area contributed by atoms with Gasteiger partial charge >= 0.3 is 0 Å². The van der Waals surface area contributed by atoms with Crippen molar-refractivity contribution in [2.75, 3.05) is 5.32 Å². The molecule has 1 heterocycles. The summed E-state index contributed by atoms with van der Waals surface area (Å²) < 4.78 is 0. The van der Waals surface area contributed by atoms with Gasteiger partial charge in [-0.2, -0.15) is 0 Å². The van der Waals surface area contributed by atoms with Gasteiger partial charge in [-0.05, 0) is 61.5 Å². The first-order valence-corrected chi connectivity index (χ1v) is 10.7. The van der Waals surface area contributed by atoms with Crippen LogP contribution in [0.1, 0.15) is 62.4 Å². The van der Waals surface area contributed by atoms with Crippen molar-refractivity contribution < 1.29 is 0 Å². The average Bonchev–Trinajstić information content (AvgIpc) is 3.18. The van der Waals surface area contributed by atoms with Crippen LogP contribution in [-0.2, 0) is 6.42 Å². The topological polar surface area (TPSA) is 15.3 Å². The van der Waals surface area contributed by atoms with Gasteiger partial charge in [-0.1, -0.05) is 50.5 Å². The van der Waals surface area contributed by atoms with E-state index in [2.05, 4.69) is 65.8 Å². The molecule has 3 rings (SSSR count). The highest BCUT2D eigenvalue weighted by molar-refractivity contribution is 7.80. The zero-order valence-corrected chi connectivity index (χ0v) is 16.8. The van der Waals surface area contributed by atoms with Gasteiger partial charge in [0.05, 0.1) is 6.04 Å². The summed E-state index contributed by atoms with van der Waals surface area (Å²) >= 11 is 7.74. The number of thiocarbonyl (C=S) groups is 1. The minimum atomic E-state index is 0.317. The lowest BCUT2D eigenvalue weighted by atomic mass is 9.93. The number of thiophene rings is 1. The SMILES string of the molecule is CCc1ccccc1NC(=S)N(C1CCCCC1)[C@H](C)c1cccs1. The predicted octanol–water partition coefficient (Wildman–Crippen LogP) is 6.40. The molecule has 1 saturated carbocycles. The van der Waals surface area contributed by atoms with Gasteiger partial charge in [0.1, 0.15) is 0 Å². The lowest BCUT2D eigenvalue weighted by Gasteiger charge is -2.40. The number of benzene rings is 1. The first-order chi connectivity index (χ1) is 12.2. The van der Waals surface area contributed by atoms with Crippen molar-refractivity contribution in [3.8, 4) is 0 Å². The maximum absolute atomic E-state index is 5.92. The zero-order valence-electron chi connectivity index (χ0n) is 15.2. The second kappa shape index (κ2) is 8.81. The van der Waals surface area contributed by atoms with Crippen LogP contribution in [0.2, 0.25) is 0 Å². The molecule has 4 heteroatoms. The first kappa shape index (κ1) is 18.4. The summed E-state index contributed by atoms with van der Waals surface area (Å²) in [6.07, 6.45) is 7.48. The highest BCUT2D eigenvalue weighted by Gasteiger charge is 2.29. The van der Waals surface area contributed by atoms with Crippen molar-refractivity contribution in [2.24, 2.45) is 0 Å². The molecule has 1 aromatic carbocycles. The molecule has 1 aliphatic rings. The Kier molecular flexibility index (Phi) is 6.49. The number of aryl methyl sites for hydroxylation is 1. The molecule has 2 aromatic rings. The van der Waals surface area contributed by atoms with Crippen molar-refractivity contribution in [2.45, 2.75) is 64.5 Å². The smallest absolute Gasteiger partial charge is 0.174 e. The second-order valence-electron chi connectivity index (χ2n) is 6.83. The fourth-order valence-electron chi connectivity index (χ4n) is 3.81. The molecule has 1 fully saturated rings. The molecule has 0 amide bonds. The normalized spacial score (nSPS) is 16.4. The lowest BCUT2D eigenvalue weighted by Crippen LogP contribution is -2.45. The maximum Gasteiger partial charge on any atom is 0.174 e. The van der Waals surface area contributed by atoms with Crippen molar-refractivity contribution in [3.05, 3.63) is 52.2 Å². The molecule has 1 atom stereocenters. The molecular formula is C21H28N2S2. The van der Waals surface area contributed by atoms with E-state index < -0.39 is 0 Å². The summed E-state index contributed by atoms with van der Waals surface area (Å²) in [6, 6.07) is 13.7. The van der Waals surface area contributed by atoms with E-state index in [4.69, 9.17) is 12.2 Å². The Hall–Kier alpha value is -1.39. The highest BCUT2D eigenvalue weighted by atomic mass is 32.1. The van der Waals surface area contributed by atoms with Gasteiger partial charge in [0.15, 0.2) is 5.11 Å². The predicted molar refractivity (Wildman–Crippen MR) is 113 cm³/mol. The van der Waals surface area contributed by atoms with Gasteiger partial charge in [0, 0.05) is 16.6 Å². The van der Waals surface area contributed by atoms with E-state index in [0.717, 1.165) is 17.2 Å². The van der Waals surface area contributed by atoms with Crippen molar-refractivity contribution in [1.82, 2.24) is 4.90 Å². The summed E-state index contributed by atoms with van der Waals surface area (Å²) in [4.78, 5) is 3.85. The lowest BCUT2D eigenvalue weighted by molar-refractivity contribution is 0.205. The van der Waals surface area contributed by atoms with Crippen LogP contribution in [0, 0.1) is 0 Å². The number of hydrogen-bond acceptors (Lipinski definition) is 2. The Morgan fingerprint density at radius 2 is 1.96 bits per heavy atom. The third kappa shape index (κ3) is 4.42. The van der Waals surface area contributed by atoms with Crippen LogP contribution in [0.3, 0.4) is 0 Å². The summed E-state index contributed by atoms with van der Waals surface area (Å²) in [5.41, 5.74) is 2.46. The van der Waals surface area contributed by atoms with E-state index in [1.54, 1.807) is 0 Å². The Morgan fingerprint density at radius 3 is 2.64 bits per heavy atom. The molecule has 134 valence electrons. The standard InChI is InChI=1S/C21H28N2S2/c1-3-17-10-7-8-13-19(17)22-21(24)23(18-11-5-4-6-12-18)16(2)20-14-9-15-25-20/h7-10,13-16,18H,3-6,11-12H2,1-2H3,(H,22,24)/t16-/m1/s1. The average molecular weight is 373 g/mol. The Balaban J connectivity index is 1.83. The van der Waals surface area contributed by atoms with E-state index in [0.29, 0.717) is 12.1 Å². The number of anilines is 1. The summed E-state index contributed by atoms with van der Waals surface area (Å²) in [6.45, 7) is 4.48. The molecule has 0 bridgehead atoms. The van der Waals surface area contributed by atoms with E-state index in [1.165, 1.54) is 42.5 Å². The minimum absolute atomic E-state index is 0.317. The van der Waals surface area contributed by atoms with Crippen molar-refractivity contribution >= 4 is 34.4 Å². The van der Waals surface area contributed by atoms with Crippen LogP contribution in [0.4, 0.5) is 5.69 Å². The summed E-state index contributed by atoms with van der Waals surface area (Å²) in [7, 11) is 0. The van der Waals surface area contributed by atoms with Crippen LogP contribution < -0.4 is 5.32 Å². The van der Waals surface area contributed by atoms with Crippen LogP contribution in [0.5, 0.6) is 0 Å². The van der Waals surface area contributed by atoms with E-state index in [1.807, 2.05) is 11.3 Å². The number of nitrogens with zero attached hydrogens (tertiary/aromatic N) is 1. The largest absolute Gasteiger partial charge is 0.338 e. The fraction of sp³-hybridized carbons (Fsp3) is 0.476. The van der Waals surface area contributed by atoms with E-state index in [9.17, 15) is 0 Å². The quantitative estimate of drug-likeness (QED) is 0.611. The molecule has 0 spiro atoms. The molecule has 0 saturated heterocycles. The minimum Gasteiger partial charge on any atom is -0.338 e. The van der Waals surface area contributed by atoms with Crippen molar-refractivity contribution in [3.63, 3.8) is 0 Å². The van der Waals surface area contributed by atoms with Gasteiger partial charge in [-0.15, -0.1) is 11.3 Å². The van der Waals surface area contributed by atoms with Crippen molar-refractivity contribution in [1.29, 1.82) is 0 Å². The van der Waals surface area contributed by atoms with Gasteiger partial charge in [0.2, 0.25) is 0 Å². The van der Waals surface area contributed by atoms with Crippen LogP contribution in [-0.4, -0.2) is 16.1 Å². The van der Waals surface area contributed by atoms with Crippen LogP contribution in [0.15, 0.2) is 41.8 Å². The third-order valence-electron chi connectivity index (χ3n) is 5.21. The summed E-state index contributed by atoms with van der Waals surface area (Å²) in [5, 5.41) is 6.59. The van der Waals surface area contributed by atoms with E-state index >= 15 is 0 Å². The van der Waals surface area contributed by atoms with Gasteiger partial charge in [-0.25, -0.2) is 0 Å². The number of rotatable bonds is 5. The number of hydrogen-bond donors (Lipinski definition) is 1. The third-order valence-corrected chi connectivity index (χ3v) is 6.57. The fourth-order valence-corrected chi connectivity index (χ4v) is 5.01. The molecule has 2 nitrogen and oxygen atoms in total. The number of nitrogens with one attached hydrogen (secondary N) is 1. The number of para-hydroxylation sites is 1. The van der Waals surface area contributed by atoms with Gasteiger partial charge in [0.25, 0.3) is 0 Å². The second-order valence-corrected chi connectivity index (χ2v) is 8.20. The van der Waals surface area contributed by atoms with E-state index in [-0.39, 0.29) is 0 Å². The molecule has 0 unspecified atom stereocenters. The van der Waals surface area contributed by atoms with Gasteiger partial charge in [-0.3, -0.25) is 0 Å². The van der Waals surface area contributed by atoms with Crippen LogP contribution in [0.25, 0.3) is 0 Å². The molecule has 1 aromatic heterocycles.